The van der Waals surface area contributed by atoms with E-state index < -0.39 is 17.6 Å². The molecular formula is C13H11FN2O2. The predicted molar refractivity (Wildman–Crippen MR) is 65.4 cm³/mol. The van der Waals surface area contributed by atoms with Crippen molar-refractivity contribution in [2.45, 2.75) is 0 Å². The maximum absolute atomic E-state index is 13.5. The highest BCUT2D eigenvalue weighted by atomic mass is 19.1. The SMILES string of the molecule is NC(=O)CNC(=O)c1ccc(F)c2ccccc12. The summed E-state index contributed by atoms with van der Waals surface area (Å²) < 4.78 is 13.5. The smallest absolute Gasteiger partial charge is 0.252 e. The molecule has 0 fully saturated rings. The summed E-state index contributed by atoms with van der Waals surface area (Å²) in [6.45, 7) is -0.245. The van der Waals surface area contributed by atoms with E-state index in [1.165, 1.54) is 12.1 Å². The zero-order valence-corrected chi connectivity index (χ0v) is 9.44. The third-order valence-electron chi connectivity index (χ3n) is 2.54. The van der Waals surface area contributed by atoms with E-state index >= 15 is 0 Å². The van der Waals surface area contributed by atoms with Gasteiger partial charge in [0.05, 0.1) is 6.54 Å². The molecule has 0 radical (unpaired) electrons. The third-order valence-corrected chi connectivity index (χ3v) is 2.54. The molecule has 0 unspecified atom stereocenters. The molecule has 0 spiro atoms. The van der Waals surface area contributed by atoms with Crippen LogP contribution in [0.1, 0.15) is 10.4 Å². The topological polar surface area (TPSA) is 72.2 Å². The Hall–Kier alpha value is -2.43. The lowest BCUT2D eigenvalue weighted by Crippen LogP contribution is -2.33. The number of carbonyl (C=O) groups excluding carboxylic acids is 2. The van der Waals surface area contributed by atoms with Crippen molar-refractivity contribution < 1.29 is 14.0 Å². The molecule has 18 heavy (non-hydrogen) atoms. The highest BCUT2D eigenvalue weighted by Gasteiger charge is 2.12. The Morgan fingerprint density at radius 1 is 1.11 bits per heavy atom. The summed E-state index contributed by atoms with van der Waals surface area (Å²) in [5, 5.41) is 3.24. The highest BCUT2D eigenvalue weighted by Crippen LogP contribution is 2.21. The fourth-order valence-electron chi connectivity index (χ4n) is 1.72. The number of nitrogens with one attached hydrogen (secondary N) is 1. The second-order valence-electron chi connectivity index (χ2n) is 3.79. The summed E-state index contributed by atoms with van der Waals surface area (Å²) in [6.07, 6.45) is 0. The molecule has 2 aromatic carbocycles. The summed E-state index contributed by atoms with van der Waals surface area (Å²) >= 11 is 0. The second kappa shape index (κ2) is 4.83. The summed E-state index contributed by atoms with van der Waals surface area (Å²) in [5.41, 5.74) is 5.26. The average molecular weight is 246 g/mol. The first-order chi connectivity index (χ1) is 8.59. The summed E-state index contributed by atoms with van der Waals surface area (Å²) in [7, 11) is 0. The molecule has 0 aliphatic heterocycles. The molecule has 92 valence electrons. The first kappa shape index (κ1) is 12.0. The largest absolute Gasteiger partial charge is 0.368 e. The van der Waals surface area contributed by atoms with Crippen molar-refractivity contribution in [2.75, 3.05) is 6.54 Å². The van der Waals surface area contributed by atoms with Crippen LogP contribution in [-0.2, 0) is 4.79 Å². The van der Waals surface area contributed by atoms with Crippen LogP contribution in [0.3, 0.4) is 0 Å². The summed E-state index contributed by atoms with van der Waals surface area (Å²) in [6, 6.07) is 9.26. The van der Waals surface area contributed by atoms with Crippen molar-refractivity contribution in [3.05, 3.63) is 47.8 Å². The lowest BCUT2D eigenvalue weighted by Gasteiger charge is -2.07. The molecule has 2 aromatic rings. The molecular weight excluding hydrogens is 235 g/mol. The fraction of sp³-hybridized carbons (Fsp3) is 0.0769. The van der Waals surface area contributed by atoms with E-state index in [0.717, 1.165) is 0 Å². The Bertz CT molecular complexity index is 625. The minimum Gasteiger partial charge on any atom is -0.368 e. The molecule has 2 rings (SSSR count). The van der Waals surface area contributed by atoms with E-state index in [1.807, 2.05) is 0 Å². The van der Waals surface area contributed by atoms with Gasteiger partial charge in [-0.2, -0.15) is 0 Å². The number of nitrogens with two attached hydrogens (primary N) is 1. The Labute approximate surface area is 103 Å². The number of hydrogen-bond donors (Lipinski definition) is 2. The number of hydrogen-bond acceptors (Lipinski definition) is 2. The Balaban J connectivity index is 2.42. The van der Waals surface area contributed by atoms with Crippen molar-refractivity contribution >= 4 is 22.6 Å². The quantitative estimate of drug-likeness (QED) is 0.854. The molecule has 0 aliphatic carbocycles. The van der Waals surface area contributed by atoms with Gasteiger partial charge in [-0.3, -0.25) is 9.59 Å². The van der Waals surface area contributed by atoms with Gasteiger partial charge in [-0.05, 0) is 17.5 Å². The molecule has 0 bridgehead atoms. The van der Waals surface area contributed by atoms with Crippen molar-refractivity contribution in [3.8, 4) is 0 Å². The first-order valence-corrected chi connectivity index (χ1v) is 5.33. The van der Waals surface area contributed by atoms with Crippen LogP contribution in [0.5, 0.6) is 0 Å². The summed E-state index contributed by atoms with van der Waals surface area (Å²) in [5.74, 6) is -1.48. The fourth-order valence-corrected chi connectivity index (χ4v) is 1.72. The van der Waals surface area contributed by atoms with Crippen molar-refractivity contribution in [2.24, 2.45) is 5.73 Å². The third kappa shape index (κ3) is 2.29. The van der Waals surface area contributed by atoms with E-state index in [9.17, 15) is 14.0 Å². The van der Waals surface area contributed by atoms with Crippen LogP contribution in [0, 0.1) is 5.82 Å². The molecule has 4 nitrogen and oxygen atoms in total. The van der Waals surface area contributed by atoms with Crippen molar-refractivity contribution in [1.29, 1.82) is 0 Å². The van der Waals surface area contributed by atoms with Crippen LogP contribution in [0.25, 0.3) is 10.8 Å². The number of primary amides is 1. The monoisotopic (exact) mass is 246 g/mol. The van der Waals surface area contributed by atoms with Crippen LogP contribution in [-0.4, -0.2) is 18.4 Å². The number of carbonyl (C=O) groups is 2. The molecule has 0 saturated heterocycles. The van der Waals surface area contributed by atoms with Crippen molar-refractivity contribution in [1.82, 2.24) is 5.32 Å². The lowest BCUT2D eigenvalue weighted by atomic mass is 10.0. The van der Waals surface area contributed by atoms with E-state index in [2.05, 4.69) is 5.32 Å². The van der Waals surface area contributed by atoms with Crippen LogP contribution >= 0.6 is 0 Å². The minimum atomic E-state index is -0.630. The van der Waals surface area contributed by atoms with Gasteiger partial charge in [0.15, 0.2) is 0 Å². The first-order valence-electron chi connectivity index (χ1n) is 5.33. The zero-order valence-electron chi connectivity index (χ0n) is 9.44. The Kier molecular flexibility index (Phi) is 3.23. The van der Waals surface area contributed by atoms with Crippen LogP contribution in [0.4, 0.5) is 4.39 Å². The van der Waals surface area contributed by atoms with Gasteiger partial charge in [-0.15, -0.1) is 0 Å². The molecule has 0 aliphatic rings. The molecule has 0 heterocycles. The molecule has 0 saturated carbocycles. The number of rotatable bonds is 3. The molecule has 5 heteroatoms. The van der Waals surface area contributed by atoms with Gasteiger partial charge in [0, 0.05) is 10.9 Å². The van der Waals surface area contributed by atoms with Crippen molar-refractivity contribution in [3.63, 3.8) is 0 Å². The molecule has 3 N–H and O–H groups in total. The van der Waals surface area contributed by atoms with Crippen LogP contribution in [0.2, 0.25) is 0 Å². The van der Waals surface area contributed by atoms with Gasteiger partial charge in [0.1, 0.15) is 5.82 Å². The van der Waals surface area contributed by atoms with E-state index in [-0.39, 0.29) is 6.54 Å². The van der Waals surface area contributed by atoms with E-state index in [0.29, 0.717) is 16.3 Å². The standard InChI is InChI=1S/C13H11FN2O2/c14-11-6-5-10(13(18)16-7-12(15)17)8-3-1-2-4-9(8)11/h1-6H,7H2,(H2,15,17)(H,16,18). The lowest BCUT2D eigenvalue weighted by molar-refractivity contribution is -0.117. The Morgan fingerprint density at radius 2 is 1.78 bits per heavy atom. The molecule has 0 atom stereocenters. The Morgan fingerprint density at radius 3 is 2.44 bits per heavy atom. The van der Waals surface area contributed by atoms with E-state index in [1.54, 1.807) is 24.3 Å². The summed E-state index contributed by atoms with van der Waals surface area (Å²) in [4.78, 5) is 22.4. The highest BCUT2D eigenvalue weighted by molar-refractivity contribution is 6.07. The number of halogens is 1. The van der Waals surface area contributed by atoms with Gasteiger partial charge in [0.25, 0.3) is 5.91 Å². The van der Waals surface area contributed by atoms with Gasteiger partial charge < -0.3 is 11.1 Å². The maximum Gasteiger partial charge on any atom is 0.252 e. The van der Waals surface area contributed by atoms with Gasteiger partial charge in [-0.25, -0.2) is 4.39 Å². The van der Waals surface area contributed by atoms with Gasteiger partial charge >= 0.3 is 0 Å². The molecule has 0 aromatic heterocycles. The molecule has 2 amide bonds. The van der Waals surface area contributed by atoms with Crippen LogP contribution in [0.15, 0.2) is 36.4 Å². The predicted octanol–water partition coefficient (Wildman–Crippen LogP) is 1.19. The normalized spacial score (nSPS) is 10.3. The second-order valence-corrected chi connectivity index (χ2v) is 3.79. The number of benzene rings is 2. The van der Waals surface area contributed by atoms with Gasteiger partial charge in [-0.1, -0.05) is 24.3 Å². The van der Waals surface area contributed by atoms with E-state index in [4.69, 9.17) is 5.73 Å². The van der Waals surface area contributed by atoms with Gasteiger partial charge in [0.2, 0.25) is 5.91 Å². The maximum atomic E-state index is 13.5. The minimum absolute atomic E-state index is 0.245. The van der Waals surface area contributed by atoms with Crippen LogP contribution < -0.4 is 11.1 Å². The number of amides is 2. The number of fused-ring (bicyclic) bond motifs is 1. The average Bonchev–Trinajstić information content (AvgIpc) is 2.37. The zero-order chi connectivity index (χ0) is 13.1.